The summed E-state index contributed by atoms with van der Waals surface area (Å²) in [6, 6.07) is 16.5. The minimum Gasteiger partial charge on any atom is -0.508 e. The molecule has 2 atom stereocenters. The lowest BCUT2D eigenvalue weighted by Crippen LogP contribution is -2.09. The first-order valence-corrected chi connectivity index (χ1v) is 7.65. The van der Waals surface area contributed by atoms with Gasteiger partial charge in [-0.15, -0.1) is 0 Å². The van der Waals surface area contributed by atoms with Crippen molar-refractivity contribution >= 4 is 0 Å². The van der Waals surface area contributed by atoms with Gasteiger partial charge in [-0.3, -0.25) is 0 Å². The Labute approximate surface area is 129 Å². The Kier molecular flexibility index (Phi) is 3.19. The second-order valence-electron chi connectivity index (χ2n) is 5.99. The van der Waals surface area contributed by atoms with Crippen LogP contribution in [0.3, 0.4) is 0 Å². The van der Waals surface area contributed by atoms with E-state index in [0.29, 0.717) is 17.6 Å². The number of fused-ring (bicyclic) bond motifs is 1. The third-order valence-electron chi connectivity index (χ3n) is 4.67. The van der Waals surface area contributed by atoms with Gasteiger partial charge in [-0.1, -0.05) is 36.4 Å². The molecule has 0 bridgehead atoms. The van der Waals surface area contributed by atoms with Gasteiger partial charge in [-0.2, -0.15) is 0 Å². The van der Waals surface area contributed by atoms with Crippen molar-refractivity contribution in [2.75, 3.05) is 0 Å². The van der Waals surface area contributed by atoms with Gasteiger partial charge in [0.15, 0.2) is 0 Å². The fourth-order valence-electron chi connectivity index (χ4n) is 3.66. The Bertz CT molecular complexity index is 765. The molecule has 1 aliphatic carbocycles. The summed E-state index contributed by atoms with van der Waals surface area (Å²) in [5.41, 5.74) is 5.13. The van der Waals surface area contributed by atoms with Gasteiger partial charge >= 0.3 is 0 Å². The van der Waals surface area contributed by atoms with Gasteiger partial charge in [0.05, 0.1) is 6.33 Å². The highest BCUT2D eigenvalue weighted by molar-refractivity contribution is 5.45. The van der Waals surface area contributed by atoms with Gasteiger partial charge in [-0.25, -0.2) is 4.98 Å². The van der Waals surface area contributed by atoms with Crippen LogP contribution >= 0.6 is 0 Å². The van der Waals surface area contributed by atoms with Gasteiger partial charge in [0.25, 0.3) is 0 Å². The summed E-state index contributed by atoms with van der Waals surface area (Å²) in [5.74, 6) is 1.22. The number of aromatic hydroxyl groups is 1. The predicted molar refractivity (Wildman–Crippen MR) is 86.0 cm³/mol. The zero-order chi connectivity index (χ0) is 14.9. The fraction of sp³-hybridized carbons (Fsp3) is 0.211. The third-order valence-corrected chi connectivity index (χ3v) is 4.67. The summed E-state index contributed by atoms with van der Waals surface area (Å²) in [6.45, 7) is 0. The number of hydrogen-bond acceptors (Lipinski definition) is 2. The van der Waals surface area contributed by atoms with Crippen molar-refractivity contribution in [1.82, 2.24) is 9.97 Å². The van der Waals surface area contributed by atoms with E-state index in [9.17, 15) is 5.11 Å². The van der Waals surface area contributed by atoms with Crippen molar-refractivity contribution < 1.29 is 5.11 Å². The van der Waals surface area contributed by atoms with Crippen LogP contribution in [-0.4, -0.2) is 15.1 Å². The Hall–Kier alpha value is -2.55. The normalized spacial score (nSPS) is 20.0. The summed E-state index contributed by atoms with van der Waals surface area (Å²) in [5, 5.41) is 9.78. The number of phenols is 1. The fourth-order valence-corrected chi connectivity index (χ4v) is 3.66. The van der Waals surface area contributed by atoms with Gasteiger partial charge in [-0.05, 0) is 53.5 Å². The lowest BCUT2D eigenvalue weighted by molar-refractivity contribution is 0.474. The zero-order valence-electron chi connectivity index (χ0n) is 12.2. The van der Waals surface area contributed by atoms with Gasteiger partial charge in [0.1, 0.15) is 5.75 Å². The van der Waals surface area contributed by atoms with Crippen LogP contribution in [0.15, 0.2) is 61.1 Å². The maximum Gasteiger partial charge on any atom is 0.115 e. The molecule has 2 aromatic carbocycles. The molecule has 3 aromatic rings. The summed E-state index contributed by atoms with van der Waals surface area (Å²) < 4.78 is 0. The number of aromatic amines is 1. The topological polar surface area (TPSA) is 48.9 Å². The molecular formula is C19H18N2O. The number of aromatic nitrogens is 2. The first-order valence-electron chi connectivity index (χ1n) is 7.65. The summed E-state index contributed by atoms with van der Waals surface area (Å²) in [4.78, 5) is 7.35. The van der Waals surface area contributed by atoms with Crippen LogP contribution in [0.25, 0.3) is 0 Å². The second-order valence-corrected chi connectivity index (χ2v) is 5.99. The van der Waals surface area contributed by atoms with Crippen LogP contribution < -0.4 is 0 Å². The van der Waals surface area contributed by atoms with E-state index in [1.165, 1.54) is 16.7 Å². The van der Waals surface area contributed by atoms with Crippen LogP contribution in [0.1, 0.15) is 34.2 Å². The lowest BCUT2D eigenvalue weighted by Gasteiger charge is -2.20. The van der Waals surface area contributed by atoms with Crippen LogP contribution in [0.2, 0.25) is 0 Å². The zero-order valence-corrected chi connectivity index (χ0v) is 12.2. The van der Waals surface area contributed by atoms with Gasteiger partial charge in [0.2, 0.25) is 0 Å². The molecule has 0 saturated carbocycles. The van der Waals surface area contributed by atoms with E-state index in [4.69, 9.17) is 0 Å². The minimum absolute atomic E-state index is 0.354. The number of nitrogens with zero attached hydrogens (tertiary/aromatic N) is 1. The molecular weight excluding hydrogens is 272 g/mol. The van der Waals surface area contributed by atoms with Crippen molar-refractivity contribution in [2.24, 2.45) is 0 Å². The highest BCUT2D eigenvalue weighted by atomic mass is 16.3. The van der Waals surface area contributed by atoms with Crippen molar-refractivity contribution in [1.29, 1.82) is 0 Å². The predicted octanol–water partition coefficient (Wildman–Crippen LogP) is 3.78. The summed E-state index contributed by atoms with van der Waals surface area (Å²) >= 11 is 0. The molecule has 22 heavy (non-hydrogen) atoms. The van der Waals surface area contributed by atoms with Crippen LogP contribution in [0.5, 0.6) is 5.75 Å². The molecule has 0 radical (unpaired) electrons. The van der Waals surface area contributed by atoms with E-state index >= 15 is 0 Å². The van der Waals surface area contributed by atoms with Crippen molar-refractivity contribution in [3.8, 4) is 5.75 Å². The SMILES string of the molecule is Oc1ccc2c(c1)CC(c1ccccc1)C2Cc1cnc[nH]1. The molecule has 110 valence electrons. The molecule has 0 amide bonds. The maximum atomic E-state index is 9.78. The molecule has 3 heteroatoms. The number of nitrogens with one attached hydrogen (secondary N) is 1. The van der Waals surface area contributed by atoms with E-state index in [2.05, 4.69) is 46.4 Å². The first kappa shape index (κ1) is 13.1. The molecule has 1 heterocycles. The molecule has 1 aliphatic rings. The quantitative estimate of drug-likeness (QED) is 0.771. The maximum absolute atomic E-state index is 9.78. The number of benzene rings is 2. The molecule has 0 aliphatic heterocycles. The number of phenolic OH excluding ortho intramolecular Hbond substituents is 1. The monoisotopic (exact) mass is 290 g/mol. The highest BCUT2D eigenvalue weighted by Gasteiger charge is 2.33. The molecule has 0 spiro atoms. The molecule has 4 rings (SSSR count). The van der Waals surface area contributed by atoms with E-state index < -0.39 is 0 Å². The summed E-state index contributed by atoms with van der Waals surface area (Å²) in [6.07, 6.45) is 5.56. The van der Waals surface area contributed by atoms with E-state index in [1.807, 2.05) is 12.3 Å². The van der Waals surface area contributed by atoms with Crippen LogP contribution in [0.4, 0.5) is 0 Å². The number of imidazole rings is 1. The number of rotatable bonds is 3. The Morgan fingerprint density at radius 2 is 2.00 bits per heavy atom. The minimum atomic E-state index is 0.354. The van der Waals surface area contributed by atoms with Gasteiger partial charge in [0, 0.05) is 11.9 Å². The highest BCUT2D eigenvalue weighted by Crippen LogP contribution is 2.46. The molecule has 1 aromatic heterocycles. The Balaban J connectivity index is 1.75. The number of H-pyrrole nitrogens is 1. The van der Waals surface area contributed by atoms with Crippen molar-refractivity contribution in [3.63, 3.8) is 0 Å². The van der Waals surface area contributed by atoms with Crippen LogP contribution in [-0.2, 0) is 12.8 Å². The molecule has 2 unspecified atom stereocenters. The molecule has 0 fully saturated rings. The average molecular weight is 290 g/mol. The standard InChI is InChI=1S/C19H18N2O/c22-16-6-7-17-14(8-16)9-18(13-4-2-1-3-5-13)19(17)10-15-11-20-12-21-15/h1-8,11-12,18-19,22H,9-10H2,(H,20,21). The Morgan fingerprint density at radius 3 is 2.77 bits per heavy atom. The lowest BCUT2D eigenvalue weighted by atomic mass is 9.84. The molecule has 2 N–H and O–H groups in total. The third kappa shape index (κ3) is 2.29. The van der Waals surface area contributed by atoms with Crippen molar-refractivity contribution in [2.45, 2.75) is 24.7 Å². The smallest absolute Gasteiger partial charge is 0.115 e. The number of hydrogen-bond donors (Lipinski definition) is 2. The van der Waals surface area contributed by atoms with E-state index in [-0.39, 0.29) is 0 Å². The average Bonchev–Trinajstić information content (AvgIpc) is 3.17. The van der Waals surface area contributed by atoms with Gasteiger partial charge < -0.3 is 10.1 Å². The largest absolute Gasteiger partial charge is 0.508 e. The van der Waals surface area contributed by atoms with E-state index in [0.717, 1.165) is 18.5 Å². The van der Waals surface area contributed by atoms with Crippen molar-refractivity contribution in [3.05, 3.63) is 83.4 Å². The van der Waals surface area contributed by atoms with Crippen LogP contribution in [0, 0.1) is 0 Å². The Morgan fingerprint density at radius 1 is 1.14 bits per heavy atom. The second kappa shape index (κ2) is 5.34. The summed E-state index contributed by atoms with van der Waals surface area (Å²) in [7, 11) is 0. The molecule has 3 nitrogen and oxygen atoms in total. The van der Waals surface area contributed by atoms with E-state index in [1.54, 1.807) is 12.4 Å². The first-order chi connectivity index (χ1) is 10.8. The molecule has 0 saturated heterocycles.